The van der Waals surface area contributed by atoms with Crippen LogP contribution in [0.25, 0.3) is 0 Å². The fourth-order valence-corrected chi connectivity index (χ4v) is 3.67. The Morgan fingerprint density at radius 2 is 1.80 bits per heavy atom. The maximum atomic E-state index is 13.3. The number of nitrogens with one attached hydrogen (secondary N) is 1. The number of nitrogens with zero attached hydrogens (tertiary/aromatic N) is 2. The quantitative estimate of drug-likeness (QED) is 0.586. The van der Waals surface area contributed by atoms with Crippen molar-refractivity contribution in [3.8, 4) is 0 Å². The lowest BCUT2D eigenvalue weighted by molar-refractivity contribution is -0.137. The Bertz CT molecular complexity index is 1040. The van der Waals surface area contributed by atoms with Crippen LogP contribution in [-0.2, 0) is 15.8 Å². The molecular formula is C22H20F3N3O2. The van der Waals surface area contributed by atoms with Crippen molar-refractivity contribution >= 4 is 29.4 Å². The Balaban J connectivity index is 1.75. The molecule has 0 bridgehead atoms. The number of rotatable bonds is 4. The summed E-state index contributed by atoms with van der Waals surface area (Å²) in [4.78, 5) is 26.3. The third kappa shape index (κ3) is 3.81. The molecule has 2 aliphatic rings. The van der Waals surface area contributed by atoms with Crippen LogP contribution in [0.4, 0.5) is 24.5 Å². The number of hydrogen-bond donors (Lipinski definition) is 1. The molecule has 2 aromatic carbocycles. The zero-order chi connectivity index (χ0) is 21.6. The van der Waals surface area contributed by atoms with Crippen molar-refractivity contribution in [3.63, 3.8) is 0 Å². The van der Waals surface area contributed by atoms with E-state index >= 15 is 0 Å². The van der Waals surface area contributed by atoms with Crippen LogP contribution in [0.2, 0.25) is 0 Å². The molecule has 0 saturated heterocycles. The number of benzene rings is 2. The molecule has 2 amide bonds. The average Bonchev–Trinajstić information content (AvgIpc) is 3.45. The molecule has 5 nitrogen and oxygen atoms in total. The van der Waals surface area contributed by atoms with E-state index in [-0.39, 0.29) is 17.5 Å². The maximum absolute atomic E-state index is 13.3. The van der Waals surface area contributed by atoms with E-state index in [1.165, 1.54) is 17.2 Å². The largest absolute Gasteiger partial charge is 0.416 e. The highest BCUT2D eigenvalue weighted by Crippen LogP contribution is 2.44. The summed E-state index contributed by atoms with van der Waals surface area (Å²) in [5.74, 6) is -1.56. The van der Waals surface area contributed by atoms with Gasteiger partial charge >= 0.3 is 6.18 Å². The lowest BCUT2D eigenvalue weighted by atomic mass is 10.0. The van der Waals surface area contributed by atoms with Crippen molar-refractivity contribution in [2.24, 2.45) is 11.0 Å². The molecule has 0 radical (unpaired) electrons. The van der Waals surface area contributed by atoms with Crippen LogP contribution >= 0.6 is 0 Å². The number of hydrogen-bond acceptors (Lipinski definition) is 3. The van der Waals surface area contributed by atoms with Crippen LogP contribution in [0.1, 0.15) is 41.0 Å². The van der Waals surface area contributed by atoms with Crippen molar-refractivity contribution in [1.82, 2.24) is 5.43 Å². The summed E-state index contributed by atoms with van der Waals surface area (Å²) in [6, 6.07) is 8.68. The minimum absolute atomic E-state index is 0.0465. The van der Waals surface area contributed by atoms with Gasteiger partial charge in [-0.25, -0.2) is 5.43 Å². The van der Waals surface area contributed by atoms with E-state index in [0.29, 0.717) is 11.3 Å². The molecule has 1 unspecified atom stereocenters. The average molecular weight is 415 g/mol. The monoisotopic (exact) mass is 415 g/mol. The lowest BCUT2D eigenvalue weighted by Crippen LogP contribution is -2.26. The van der Waals surface area contributed by atoms with Gasteiger partial charge in [-0.2, -0.15) is 18.3 Å². The molecule has 1 fully saturated rings. The van der Waals surface area contributed by atoms with Gasteiger partial charge in [-0.05, 0) is 67.6 Å². The summed E-state index contributed by atoms with van der Waals surface area (Å²) >= 11 is 0. The zero-order valence-corrected chi connectivity index (χ0v) is 16.5. The van der Waals surface area contributed by atoms with Gasteiger partial charge in [-0.15, -0.1) is 0 Å². The molecule has 0 aromatic heterocycles. The third-order valence-corrected chi connectivity index (χ3v) is 5.23. The number of hydrazone groups is 1. The first-order valence-electron chi connectivity index (χ1n) is 9.61. The third-order valence-electron chi connectivity index (χ3n) is 5.23. The molecule has 8 heteroatoms. The molecule has 4 rings (SSSR count). The number of aryl methyl sites for hydroxylation is 2. The Hall–Kier alpha value is -3.16. The van der Waals surface area contributed by atoms with E-state index in [9.17, 15) is 22.8 Å². The Kier molecular flexibility index (Phi) is 4.88. The highest BCUT2D eigenvalue weighted by atomic mass is 19.4. The van der Waals surface area contributed by atoms with Gasteiger partial charge in [-0.3, -0.25) is 14.5 Å². The standard InChI is InChI=1S/C22H20F3N3O2/c1-12-7-13(2)9-16(8-12)28-19-10-15(22(23,24)25)5-6-17(19)18(21(28)30)11-26-27-20(29)14-3-4-14/h5-11,14,18H,3-4H2,1-2H3,(H,27,29)/b26-11-. The van der Waals surface area contributed by atoms with E-state index in [4.69, 9.17) is 0 Å². The van der Waals surface area contributed by atoms with Crippen LogP contribution in [0.5, 0.6) is 0 Å². The SMILES string of the molecule is Cc1cc(C)cc(N2C(=O)C(/C=N\NC(=O)C3CC3)c3ccc(C(F)(F)F)cc32)c1. The number of carbonyl (C=O) groups excluding carboxylic acids is 2. The second kappa shape index (κ2) is 7.27. The molecule has 30 heavy (non-hydrogen) atoms. The van der Waals surface area contributed by atoms with Crippen molar-refractivity contribution < 1.29 is 22.8 Å². The van der Waals surface area contributed by atoms with Gasteiger partial charge in [0, 0.05) is 17.8 Å². The first kappa shape index (κ1) is 20.1. The number of fused-ring (bicyclic) bond motifs is 1. The highest BCUT2D eigenvalue weighted by molar-refractivity contribution is 6.17. The first-order chi connectivity index (χ1) is 14.1. The number of carbonyl (C=O) groups is 2. The minimum Gasteiger partial charge on any atom is -0.280 e. The maximum Gasteiger partial charge on any atom is 0.416 e. The Morgan fingerprint density at radius 1 is 1.13 bits per heavy atom. The van der Waals surface area contributed by atoms with Crippen molar-refractivity contribution in [2.45, 2.75) is 38.8 Å². The second-order valence-corrected chi connectivity index (χ2v) is 7.80. The van der Waals surface area contributed by atoms with E-state index < -0.39 is 23.6 Å². The van der Waals surface area contributed by atoms with Gasteiger partial charge in [0.2, 0.25) is 11.8 Å². The van der Waals surface area contributed by atoms with Gasteiger partial charge in [-0.1, -0.05) is 12.1 Å². The van der Waals surface area contributed by atoms with E-state index in [1.54, 1.807) is 12.1 Å². The van der Waals surface area contributed by atoms with E-state index in [2.05, 4.69) is 10.5 Å². The van der Waals surface area contributed by atoms with Crippen molar-refractivity contribution in [1.29, 1.82) is 0 Å². The van der Waals surface area contributed by atoms with Crippen LogP contribution in [-0.4, -0.2) is 18.0 Å². The number of anilines is 2. The molecular weight excluding hydrogens is 395 g/mol. The predicted octanol–water partition coefficient (Wildman–Crippen LogP) is 4.60. The molecule has 1 aliphatic carbocycles. The smallest absolute Gasteiger partial charge is 0.280 e. The van der Waals surface area contributed by atoms with Crippen molar-refractivity contribution in [3.05, 3.63) is 58.7 Å². The number of halogens is 3. The molecule has 2 aromatic rings. The summed E-state index contributed by atoms with van der Waals surface area (Å²) in [6.45, 7) is 3.72. The summed E-state index contributed by atoms with van der Waals surface area (Å²) in [5.41, 5.74) is 4.44. The molecule has 1 N–H and O–H groups in total. The second-order valence-electron chi connectivity index (χ2n) is 7.80. The van der Waals surface area contributed by atoms with Crippen LogP contribution < -0.4 is 10.3 Å². The van der Waals surface area contributed by atoms with Crippen LogP contribution in [0.3, 0.4) is 0 Å². The minimum atomic E-state index is -4.53. The topological polar surface area (TPSA) is 61.8 Å². The summed E-state index contributed by atoms with van der Waals surface area (Å²) < 4.78 is 39.9. The number of amides is 2. The normalized spacial score (nSPS) is 18.8. The molecule has 1 atom stereocenters. The first-order valence-corrected chi connectivity index (χ1v) is 9.61. The van der Waals surface area contributed by atoms with Gasteiger partial charge < -0.3 is 0 Å². The Labute approximate surface area is 171 Å². The molecule has 1 heterocycles. The van der Waals surface area contributed by atoms with Gasteiger partial charge in [0.25, 0.3) is 0 Å². The molecule has 1 aliphatic heterocycles. The fraction of sp³-hybridized carbons (Fsp3) is 0.318. The molecule has 1 saturated carbocycles. The van der Waals surface area contributed by atoms with Gasteiger partial charge in [0.1, 0.15) is 5.92 Å². The summed E-state index contributed by atoms with van der Waals surface area (Å²) in [6.07, 6.45) is -1.62. The lowest BCUT2D eigenvalue weighted by Gasteiger charge is -2.20. The fourth-order valence-electron chi connectivity index (χ4n) is 3.67. The van der Waals surface area contributed by atoms with E-state index in [0.717, 1.165) is 36.1 Å². The van der Waals surface area contributed by atoms with Crippen LogP contribution in [0.15, 0.2) is 41.5 Å². The number of alkyl halides is 3. The molecule has 0 spiro atoms. The van der Waals surface area contributed by atoms with Crippen molar-refractivity contribution in [2.75, 3.05) is 4.90 Å². The zero-order valence-electron chi connectivity index (χ0n) is 16.5. The molecule has 156 valence electrons. The highest BCUT2D eigenvalue weighted by Gasteiger charge is 2.40. The van der Waals surface area contributed by atoms with E-state index in [1.807, 2.05) is 19.9 Å². The van der Waals surface area contributed by atoms with Gasteiger partial charge in [0.15, 0.2) is 0 Å². The van der Waals surface area contributed by atoms with Crippen LogP contribution in [0, 0.1) is 19.8 Å². The van der Waals surface area contributed by atoms with Gasteiger partial charge in [0.05, 0.1) is 11.3 Å². The summed E-state index contributed by atoms with van der Waals surface area (Å²) in [7, 11) is 0. The summed E-state index contributed by atoms with van der Waals surface area (Å²) in [5, 5.41) is 3.90. The predicted molar refractivity (Wildman–Crippen MR) is 107 cm³/mol. The Morgan fingerprint density at radius 3 is 2.40 bits per heavy atom.